The van der Waals surface area contributed by atoms with Crippen LogP contribution < -0.4 is 9.47 Å². The Hall–Kier alpha value is -1.05. The molecular weight excluding hydrogens is 327 g/mol. The SMILES string of the molecule is COc1nc(Cl)cc(OCC(=O)N(C)OC)c1Br. The van der Waals surface area contributed by atoms with Crippen molar-refractivity contribution in [3.05, 3.63) is 15.7 Å². The zero-order chi connectivity index (χ0) is 13.7. The molecule has 1 heterocycles. The second-order valence-electron chi connectivity index (χ2n) is 3.13. The highest BCUT2D eigenvalue weighted by atomic mass is 79.9. The van der Waals surface area contributed by atoms with Crippen LogP contribution in [0, 0.1) is 0 Å². The Kier molecular flexibility index (Phi) is 5.64. The topological polar surface area (TPSA) is 60.9 Å². The fraction of sp³-hybridized carbons (Fsp3) is 0.400. The van der Waals surface area contributed by atoms with E-state index in [2.05, 4.69) is 20.9 Å². The minimum absolute atomic E-state index is 0.188. The van der Waals surface area contributed by atoms with Crippen molar-refractivity contribution >= 4 is 33.4 Å². The molecular formula is C10H12BrClN2O4. The van der Waals surface area contributed by atoms with Crippen LogP contribution >= 0.6 is 27.5 Å². The number of halogens is 2. The molecule has 1 rings (SSSR count). The van der Waals surface area contributed by atoms with Crippen LogP contribution in [0.1, 0.15) is 0 Å². The van der Waals surface area contributed by atoms with Crippen LogP contribution in [0.3, 0.4) is 0 Å². The summed E-state index contributed by atoms with van der Waals surface area (Å²) in [5.74, 6) is 0.311. The lowest BCUT2D eigenvalue weighted by atomic mass is 10.4. The molecule has 1 aromatic rings. The Balaban J connectivity index is 2.79. The molecule has 0 saturated carbocycles. The van der Waals surface area contributed by atoms with Gasteiger partial charge in [0.15, 0.2) is 6.61 Å². The fourth-order valence-corrected chi connectivity index (χ4v) is 1.68. The number of carbonyl (C=O) groups is 1. The van der Waals surface area contributed by atoms with E-state index in [-0.39, 0.29) is 23.5 Å². The number of ether oxygens (including phenoxy) is 2. The minimum atomic E-state index is -0.337. The van der Waals surface area contributed by atoms with Gasteiger partial charge in [0.05, 0.1) is 14.2 Å². The number of pyridine rings is 1. The lowest BCUT2D eigenvalue weighted by molar-refractivity contribution is -0.170. The molecule has 8 heteroatoms. The van der Waals surface area contributed by atoms with Gasteiger partial charge >= 0.3 is 0 Å². The zero-order valence-electron chi connectivity index (χ0n) is 10.1. The average molecular weight is 340 g/mol. The van der Waals surface area contributed by atoms with Gasteiger partial charge < -0.3 is 9.47 Å². The smallest absolute Gasteiger partial charge is 0.283 e. The maximum Gasteiger partial charge on any atom is 0.283 e. The fourth-order valence-electron chi connectivity index (χ4n) is 1.03. The Labute approximate surface area is 118 Å². The Morgan fingerprint density at radius 2 is 2.22 bits per heavy atom. The summed E-state index contributed by atoms with van der Waals surface area (Å²) in [6, 6.07) is 1.48. The number of amides is 1. The van der Waals surface area contributed by atoms with E-state index in [4.69, 9.17) is 25.9 Å². The zero-order valence-corrected chi connectivity index (χ0v) is 12.4. The van der Waals surface area contributed by atoms with Gasteiger partial charge in [-0.15, -0.1) is 0 Å². The molecule has 0 N–H and O–H groups in total. The first-order chi connectivity index (χ1) is 8.49. The van der Waals surface area contributed by atoms with Crippen molar-refractivity contribution in [2.45, 2.75) is 0 Å². The predicted octanol–water partition coefficient (Wildman–Crippen LogP) is 1.90. The van der Waals surface area contributed by atoms with Crippen LogP contribution in [-0.2, 0) is 9.63 Å². The molecule has 0 aliphatic heterocycles. The second-order valence-corrected chi connectivity index (χ2v) is 4.31. The van der Waals surface area contributed by atoms with E-state index < -0.39 is 0 Å². The summed E-state index contributed by atoms with van der Waals surface area (Å²) in [5, 5.41) is 1.27. The van der Waals surface area contributed by atoms with Gasteiger partial charge in [0.1, 0.15) is 15.4 Å². The number of nitrogens with zero attached hydrogens (tertiary/aromatic N) is 2. The van der Waals surface area contributed by atoms with Gasteiger partial charge in [0.2, 0.25) is 5.88 Å². The maximum absolute atomic E-state index is 11.5. The van der Waals surface area contributed by atoms with Gasteiger partial charge in [-0.1, -0.05) is 11.6 Å². The quantitative estimate of drug-likeness (QED) is 0.606. The largest absolute Gasteiger partial charge is 0.482 e. The molecule has 0 unspecified atom stereocenters. The molecule has 0 aliphatic rings. The first kappa shape index (κ1) is 15.0. The summed E-state index contributed by atoms with van der Waals surface area (Å²) >= 11 is 9.05. The molecule has 1 aromatic heterocycles. The summed E-state index contributed by atoms with van der Waals surface area (Å²) in [4.78, 5) is 20.1. The van der Waals surface area contributed by atoms with Crippen LogP contribution in [0.4, 0.5) is 0 Å². The van der Waals surface area contributed by atoms with Crippen molar-refractivity contribution in [3.63, 3.8) is 0 Å². The highest BCUT2D eigenvalue weighted by molar-refractivity contribution is 9.10. The summed E-state index contributed by atoms with van der Waals surface area (Å²) in [6.45, 7) is -0.188. The van der Waals surface area contributed by atoms with Crippen LogP contribution in [0.25, 0.3) is 0 Å². The lowest BCUT2D eigenvalue weighted by Gasteiger charge is -2.15. The molecule has 1 amide bonds. The third-order valence-corrected chi connectivity index (χ3v) is 2.96. The van der Waals surface area contributed by atoms with Crippen molar-refractivity contribution in [2.75, 3.05) is 27.9 Å². The van der Waals surface area contributed by atoms with E-state index in [1.54, 1.807) is 0 Å². The first-order valence-electron chi connectivity index (χ1n) is 4.83. The molecule has 0 bridgehead atoms. The normalized spacial score (nSPS) is 10.1. The first-order valence-corrected chi connectivity index (χ1v) is 6.00. The highest BCUT2D eigenvalue weighted by Crippen LogP contribution is 2.34. The van der Waals surface area contributed by atoms with Gasteiger partial charge in [-0.05, 0) is 15.9 Å². The standard InChI is InChI=1S/C10H12BrClN2O4/c1-14(17-3)8(15)5-18-6-4-7(12)13-10(16-2)9(6)11/h4H,5H2,1-3H3. The molecule has 18 heavy (non-hydrogen) atoms. The van der Waals surface area contributed by atoms with Crippen molar-refractivity contribution in [1.82, 2.24) is 10.0 Å². The molecule has 0 fully saturated rings. The monoisotopic (exact) mass is 338 g/mol. The van der Waals surface area contributed by atoms with Crippen LogP contribution in [0.2, 0.25) is 5.15 Å². The Morgan fingerprint density at radius 3 is 2.78 bits per heavy atom. The van der Waals surface area contributed by atoms with Gasteiger partial charge in [-0.2, -0.15) is 0 Å². The number of hydrogen-bond donors (Lipinski definition) is 0. The van der Waals surface area contributed by atoms with Crippen LogP contribution in [0.5, 0.6) is 11.6 Å². The number of aromatic nitrogens is 1. The van der Waals surface area contributed by atoms with Crippen molar-refractivity contribution < 1.29 is 19.1 Å². The van der Waals surface area contributed by atoms with E-state index in [9.17, 15) is 4.79 Å². The molecule has 100 valence electrons. The third-order valence-electron chi connectivity index (χ3n) is 2.03. The van der Waals surface area contributed by atoms with Crippen molar-refractivity contribution in [2.24, 2.45) is 0 Å². The van der Waals surface area contributed by atoms with Crippen molar-refractivity contribution in [3.8, 4) is 11.6 Å². The van der Waals surface area contributed by atoms with E-state index in [0.29, 0.717) is 10.2 Å². The molecule has 0 aliphatic carbocycles. The molecule has 0 saturated heterocycles. The van der Waals surface area contributed by atoms with Gasteiger partial charge in [0.25, 0.3) is 5.91 Å². The summed E-state index contributed by atoms with van der Waals surface area (Å²) in [6.07, 6.45) is 0. The molecule has 0 radical (unpaired) electrons. The molecule has 0 atom stereocenters. The number of hydrogen-bond acceptors (Lipinski definition) is 5. The van der Waals surface area contributed by atoms with Gasteiger partial charge in [-0.25, -0.2) is 10.0 Å². The predicted molar refractivity (Wildman–Crippen MR) is 68.8 cm³/mol. The number of rotatable bonds is 5. The summed E-state index contributed by atoms with van der Waals surface area (Å²) in [7, 11) is 4.33. The number of carbonyl (C=O) groups excluding carboxylic acids is 1. The Bertz CT molecular complexity index is 444. The number of likely N-dealkylation sites (N-methyl/N-ethyl adjacent to an activating group) is 1. The molecule has 6 nitrogen and oxygen atoms in total. The van der Waals surface area contributed by atoms with E-state index in [0.717, 1.165) is 5.06 Å². The molecule has 0 aromatic carbocycles. The van der Waals surface area contributed by atoms with Crippen molar-refractivity contribution in [1.29, 1.82) is 0 Å². The van der Waals surface area contributed by atoms with Gasteiger partial charge in [0, 0.05) is 13.1 Å². The summed E-state index contributed by atoms with van der Waals surface area (Å²) in [5.41, 5.74) is 0. The minimum Gasteiger partial charge on any atom is -0.482 e. The molecule has 0 spiro atoms. The van der Waals surface area contributed by atoms with E-state index in [1.165, 1.54) is 27.3 Å². The van der Waals surface area contributed by atoms with Crippen LogP contribution in [-0.4, -0.2) is 43.8 Å². The number of hydroxylamine groups is 2. The third kappa shape index (κ3) is 3.72. The highest BCUT2D eigenvalue weighted by Gasteiger charge is 2.14. The second kappa shape index (κ2) is 6.77. The average Bonchev–Trinajstić information content (AvgIpc) is 2.37. The number of methoxy groups -OCH3 is 1. The van der Waals surface area contributed by atoms with Crippen LogP contribution in [0.15, 0.2) is 10.5 Å². The lowest BCUT2D eigenvalue weighted by Crippen LogP contribution is -2.30. The van der Waals surface area contributed by atoms with E-state index >= 15 is 0 Å². The van der Waals surface area contributed by atoms with E-state index in [1.807, 2.05) is 0 Å². The maximum atomic E-state index is 11.5. The van der Waals surface area contributed by atoms with Gasteiger partial charge in [-0.3, -0.25) is 9.63 Å². The Morgan fingerprint density at radius 1 is 1.56 bits per heavy atom. The summed E-state index contributed by atoms with van der Waals surface area (Å²) < 4.78 is 10.8.